The minimum atomic E-state index is -1.42. The van der Waals surface area contributed by atoms with E-state index in [4.69, 9.17) is 9.47 Å². The molecule has 0 aliphatic carbocycles. The van der Waals surface area contributed by atoms with Gasteiger partial charge in [0, 0.05) is 12.5 Å². The number of hydrogen-bond donors (Lipinski definition) is 0. The second-order valence-corrected chi connectivity index (χ2v) is 11.7. The lowest BCUT2D eigenvalue weighted by atomic mass is 10.1. The van der Waals surface area contributed by atoms with Gasteiger partial charge < -0.3 is 9.47 Å². The van der Waals surface area contributed by atoms with Crippen LogP contribution in [0.25, 0.3) is 0 Å². The lowest BCUT2D eigenvalue weighted by molar-refractivity contribution is -0.169. The second-order valence-electron chi connectivity index (χ2n) is 6.57. The Labute approximate surface area is 158 Å². The van der Waals surface area contributed by atoms with E-state index < -0.39 is 26.1 Å². The van der Waals surface area contributed by atoms with E-state index in [1.54, 1.807) is 24.3 Å². The number of hydrogen-bond acceptors (Lipinski definition) is 4. The van der Waals surface area contributed by atoms with Crippen LogP contribution < -0.4 is 0 Å². The molecule has 0 spiro atoms. The minimum Gasteiger partial charge on any atom is -0.455 e. The van der Waals surface area contributed by atoms with Crippen molar-refractivity contribution in [1.29, 1.82) is 0 Å². The van der Waals surface area contributed by atoms with Crippen LogP contribution >= 0.6 is 0 Å². The molecule has 2 atom stereocenters. The molecule has 0 heterocycles. The monoisotopic (exact) mass is 376 g/mol. The number of rotatable bonds is 10. The maximum Gasteiger partial charge on any atom is 0.352 e. The molecule has 0 aromatic heterocycles. The van der Waals surface area contributed by atoms with Crippen molar-refractivity contribution in [3.8, 4) is 0 Å². The minimum absolute atomic E-state index is 0.305. The standard InChI is InChI=1S/C21H32O4Si/c1-6-19(15-16-26(7-2,8-3)9-4)25-21(23)20(24-17(5)22)18-13-11-10-12-14-18/h10-16,19-20H,6-9H2,1-5H3/b16-15+/t19-,20-/m0/s1. The van der Waals surface area contributed by atoms with Gasteiger partial charge in [0.2, 0.25) is 6.10 Å². The molecular formula is C21H32O4Si. The van der Waals surface area contributed by atoms with E-state index in [1.165, 1.54) is 25.1 Å². The molecule has 4 nitrogen and oxygen atoms in total. The Morgan fingerprint density at radius 3 is 2.04 bits per heavy atom. The second kappa shape index (κ2) is 11.0. The molecule has 0 aliphatic heterocycles. The summed E-state index contributed by atoms with van der Waals surface area (Å²) in [6.07, 6.45) is 1.39. The summed E-state index contributed by atoms with van der Waals surface area (Å²) >= 11 is 0. The summed E-state index contributed by atoms with van der Waals surface area (Å²) in [5.74, 6) is -1.03. The Balaban J connectivity index is 2.93. The highest BCUT2D eigenvalue weighted by Gasteiger charge is 2.28. The Hall–Kier alpha value is -1.88. The van der Waals surface area contributed by atoms with Crippen LogP contribution in [0.5, 0.6) is 0 Å². The maximum absolute atomic E-state index is 12.7. The van der Waals surface area contributed by atoms with Crippen molar-refractivity contribution >= 4 is 20.0 Å². The molecule has 1 rings (SSSR count). The largest absolute Gasteiger partial charge is 0.455 e. The van der Waals surface area contributed by atoms with Gasteiger partial charge in [-0.3, -0.25) is 4.79 Å². The van der Waals surface area contributed by atoms with E-state index >= 15 is 0 Å². The zero-order valence-corrected chi connectivity index (χ0v) is 17.7. The third kappa shape index (κ3) is 6.45. The molecule has 1 aromatic carbocycles. The Kier molecular flexibility index (Phi) is 9.34. The molecule has 0 aliphatic rings. The predicted molar refractivity (Wildman–Crippen MR) is 107 cm³/mol. The average molecular weight is 377 g/mol. The van der Waals surface area contributed by atoms with Crippen LogP contribution in [-0.4, -0.2) is 26.1 Å². The molecule has 0 unspecified atom stereocenters. The van der Waals surface area contributed by atoms with E-state index in [0.29, 0.717) is 12.0 Å². The first kappa shape index (κ1) is 22.2. The van der Waals surface area contributed by atoms with E-state index in [9.17, 15) is 9.59 Å². The Bertz CT molecular complexity index is 585. The summed E-state index contributed by atoms with van der Waals surface area (Å²) in [5.41, 5.74) is 2.93. The van der Waals surface area contributed by atoms with E-state index in [0.717, 1.165) is 0 Å². The van der Waals surface area contributed by atoms with Gasteiger partial charge in [-0.2, -0.15) is 0 Å². The quantitative estimate of drug-likeness (QED) is 0.415. The first-order chi connectivity index (χ1) is 12.4. The highest BCUT2D eigenvalue weighted by Crippen LogP contribution is 2.24. The van der Waals surface area contributed by atoms with Crippen molar-refractivity contribution in [1.82, 2.24) is 0 Å². The van der Waals surface area contributed by atoms with Crippen molar-refractivity contribution in [3.63, 3.8) is 0 Å². The number of carbonyl (C=O) groups excluding carboxylic acids is 2. The molecule has 0 saturated carbocycles. The number of esters is 2. The van der Waals surface area contributed by atoms with Crippen LogP contribution in [0.1, 0.15) is 52.7 Å². The van der Waals surface area contributed by atoms with Gasteiger partial charge in [-0.25, -0.2) is 4.79 Å². The van der Waals surface area contributed by atoms with Gasteiger partial charge in [0.05, 0.1) is 8.07 Å². The summed E-state index contributed by atoms with van der Waals surface area (Å²) < 4.78 is 10.9. The first-order valence-electron chi connectivity index (χ1n) is 9.53. The number of ether oxygens (including phenoxy) is 2. The molecule has 0 amide bonds. The Morgan fingerprint density at radius 1 is 1.00 bits per heavy atom. The van der Waals surface area contributed by atoms with E-state index in [1.807, 2.05) is 19.1 Å². The summed E-state index contributed by atoms with van der Waals surface area (Å²) in [5, 5.41) is 0. The van der Waals surface area contributed by atoms with Gasteiger partial charge >= 0.3 is 11.9 Å². The van der Waals surface area contributed by atoms with Crippen molar-refractivity contribution < 1.29 is 19.1 Å². The molecule has 144 valence electrons. The topological polar surface area (TPSA) is 52.6 Å². The van der Waals surface area contributed by atoms with Crippen LogP contribution in [0.4, 0.5) is 0 Å². The normalized spacial score (nSPS) is 14.0. The van der Waals surface area contributed by atoms with Crippen molar-refractivity contribution in [2.45, 2.75) is 71.4 Å². The van der Waals surface area contributed by atoms with Crippen LogP contribution in [-0.2, 0) is 19.1 Å². The molecule has 1 aromatic rings. The molecule has 5 heteroatoms. The molecule has 0 bridgehead atoms. The van der Waals surface area contributed by atoms with Gasteiger partial charge in [0.15, 0.2) is 0 Å². The Morgan fingerprint density at radius 2 is 1.58 bits per heavy atom. The first-order valence-corrected chi connectivity index (χ1v) is 12.2. The fourth-order valence-corrected chi connectivity index (χ4v) is 5.76. The molecule has 0 radical (unpaired) electrons. The zero-order chi connectivity index (χ0) is 19.6. The van der Waals surface area contributed by atoms with Crippen LogP contribution in [0, 0.1) is 0 Å². The number of carbonyl (C=O) groups is 2. The molecule has 0 saturated heterocycles. The molecular weight excluding hydrogens is 344 g/mol. The summed E-state index contributed by atoms with van der Waals surface area (Å²) in [6, 6.07) is 12.5. The lowest BCUT2D eigenvalue weighted by Crippen LogP contribution is -2.30. The highest BCUT2D eigenvalue weighted by atomic mass is 28.3. The van der Waals surface area contributed by atoms with Gasteiger partial charge in [0.25, 0.3) is 0 Å². The highest BCUT2D eigenvalue weighted by molar-refractivity contribution is 6.84. The van der Waals surface area contributed by atoms with Crippen molar-refractivity contribution in [2.75, 3.05) is 0 Å². The average Bonchev–Trinajstić information content (AvgIpc) is 2.66. The van der Waals surface area contributed by atoms with Crippen molar-refractivity contribution in [3.05, 3.63) is 47.7 Å². The van der Waals surface area contributed by atoms with Gasteiger partial charge in [0.1, 0.15) is 6.10 Å². The molecule has 26 heavy (non-hydrogen) atoms. The summed E-state index contributed by atoms with van der Waals surface area (Å²) in [6.45, 7) is 10.00. The van der Waals surface area contributed by atoms with Crippen LogP contribution in [0.2, 0.25) is 18.1 Å². The lowest BCUT2D eigenvalue weighted by Gasteiger charge is -2.25. The molecule has 0 fully saturated rings. The smallest absolute Gasteiger partial charge is 0.352 e. The predicted octanol–water partition coefficient (Wildman–Crippen LogP) is 5.22. The van der Waals surface area contributed by atoms with Crippen molar-refractivity contribution in [2.24, 2.45) is 0 Å². The van der Waals surface area contributed by atoms with Crippen LogP contribution in [0.3, 0.4) is 0 Å². The fraction of sp³-hybridized carbons (Fsp3) is 0.524. The van der Waals surface area contributed by atoms with Gasteiger partial charge in [-0.05, 0) is 6.42 Å². The third-order valence-electron chi connectivity index (χ3n) is 5.05. The van der Waals surface area contributed by atoms with Gasteiger partial charge in [-0.15, -0.1) is 0 Å². The summed E-state index contributed by atoms with van der Waals surface area (Å²) in [7, 11) is -1.42. The van der Waals surface area contributed by atoms with E-state index in [-0.39, 0.29) is 6.10 Å². The van der Waals surface area contributed by atoms with E-state index in [2.05, 4.69) is 26.5 Å². The third-order valence-corrected chi connectivity index (χ3v) is 10.2. The number of benzene rings is 1. The maximum atomic E-state index is 12.7. The fourth-order valence-electron chi connectivity index (χ4n) is 2.93. The van der Waals surface area contributed by atoms with Crippen LogP contribution in [0.15, 0.2) is 42.1 Å². The SMILES string of the molecule is CC[C@@H](/C=C/[Si](CC)(CC)CC)OC(=O)[C@@H](OC(C)=O)c1ccccc1. The molecule has 0 N–H and O–H groups in total. The zero-order valence-electron chi connectivity index (χ0n) is 16.7. The van der Waals surface area contributed by atoms with Gasteiger partial charge in [-0.1, -0.05) is 87.9 Å². The summed E-state index contributed by atoms with van der Waals surface area (Å²) in [4.78, 5) is 24.1.